The molecular formula is C23H28N4O2S. The van der Waals surface area contributed by atoms with Crippen LogP contribution >= 0.6 is 11.8 Å². The van der Waals surface area contributed by atoms with E-state index in [-0.39, 0.29) is 11.8 Å². The monoisotopic (exact) mass is 424 g/mol. The number of hydrogen-bond acceptors (Lipinski definition) is 5. The van der Waals surface area contributed by atoms with Crippen molar-refractivity contribution < 1.29 is 9.59 Å². The van der Waals surface area contributed by atoms with Crippen molar-refractivity contribution >= 4 is 29.3 Å². The number of carbonyl (C=O) groups is 2. The van der Waals surface area contributed by atoms with Gasteiger partial charge in [0.05, 0.1) is 18.0 Å². The van der Waals surface area contributed by atoms with Crippen molar-refractivity contribution in [1.82, 2.24) is 15.2 Å². The second-order valence-corrected chi connectivity index (χ2v) is 8.89. The van der Waals surface area contributed by atoms with Gasteiger partial charge in [0.2, 0.25) is 5.91 Å². The van der Waals surface area contributed by atoms with E-state index in [0.717, 1.165) is 29.4 Å². The summed E-state index contributed by atoms with van der Waals surface area (Å²) >= 11 is 1.48. The summed E-state index contributed by atoms with van der Waals surface area (Å²) < 4.78 is 0. The lowest BCUT2D eigenvalue weighted by molar-refractivity contribution is -0.116. The number of amides is 2. The van der Waals surface area contributed by atoms with Crippen LogP contribution in [0.15, 0.2) is 47.6 Å². The minimum Gasteiger partial charge on any atom is -0.351 e. The Morgan fingerprint density at radius 3 is 2.87 bits per heavy atom. The molecule has 158 valence electrons. The Hall–Kier alpha value is -2.38. The van der Waals surface area contributed by atoms with Crippen LogP contribution in [0.2, 0.25) is 0 Å². The van der Waals surface area contributed by atoms with Crippen LogP contribution in [-0.4, -0.2) is 53.1 Å². The van der Waals surface area contributed by atoms with Gasteiger partial charge in [-0.05, 0) is 56.1 Å². The Kier molecular flexibility index (Phi) is 6.69. The summed E-state index contributed by atoms with van der Waals surface area (Å²) in [6, 6.07) is 11.9. The first-order valence-electron chi connectivity index (χ1n) is 10.6. The number of rotatable bonds is 6. The van der Waals surface area contributed by atoms with Crippen molar-refractivity contribution in [2.45, 2.75) is 43.8 Å². The number of pyridine rings is 1. The first-order chi connectivity index (χ1) is 14.6. The van der Waals surface area contributed by atoms with E-state index in [2.05, 4.69) is 22.1 Å². The summed E-state index contributed by atoms with van der Waals surface area (Å²) in [5.74, 6) is 0.431. The highest BCUT2D eigenvalue weighted by atomic mass is 32.2. The molecular weight excluding hydrogens is 396 g/mol. The third-order valence-corrected chi connectivity index (χ3v) is 6.84. The first kappa shape index (κ1) is 20.9. The first-order valence-corrected chi connectivity index (χ1v) is 11.6. The fraction of sp³-hybridized carbons (Fsp3) is 0.435. The quantitative estimate of drug-likeness (QED) is 0.771. The van der Waals surface area contributed by atoms with Crippen molar-refractivity contribution in [2.24, 2.45) is 0 Å². The van der Waals surface area contributed by atoms with E-state index in [1.165, 1.54) is 31.0 Å². The van der Waals surface area contributed by atoms with Gasteiger partial charge in [0.1, 0.15) is 5.03 Å². The van der Waals surface area contributed by atoms with Gasteiger partial charge in [-0.15, -0.1) is 0 Å². The van der Waals surface area contributed by atoms with Crippen LogP contribution in [0.1, 0.15) is 42.1 Å². The Balaban J connectivity index is 1.33. The number of carbonyl (C=O) groups excluding carboxylic acids is 2. The highest BCUT2D eigenvalue weighted by Crippen LogP contribution is 2.34. The Morgan fingerprint density at radius 1 is 1.23 bits per heavy atom. The van der Waals surface area contributed by atoms with Crippen LogP contribution in [-0.2, 0) is 11.3 Å². The summed E-state index contributed by atoms with van der Waals surface area (Å²) in [6.07, 6.45) is 5.55. The molecule has 4 rings (SSSR count). The zero-order valence-corrected chi connectivity index (χ0v) is 18.2. The van der Waals surface area contributed by atoms with Gasteiger partial charge < -0.3 is 10.2 Å². The number of nitrogens with one attached hydrogen (secondary N) is 1. The summed E-state index contributed by atoms with van der Waals surface area (Å²) in [5.41, 5.74) is 2.49. The maximum Gasteiger partial charge on any atom is 0.251 e. The van der Waals surface area contributed by atoms with E-state index in [9.17, 15) is 9.59 Å². The molecule has 1 N–H and O–H groups in total. The van der Waals surface area contributed by atoms with Crippen LogP contribution in [0.4, 0.5) is 5.69 Å². The predicted octanol–water partition coefficient (Wildman–Crippen LogP) is 3.32. The molecule has 0 radical (unpaired) electrons. The van der Waals surface area contributed by atoms with E-state index in [4.69, 9.17) is 0 Å². The molecule has 1 fully saturated rings. The number of likely N-dealkylation sites (tertiary alicyclic amines) is 1. The van der Waals surface area contributed by atoms with Crippen molar-refractivity contribution in [3.63, 3.8) is 0 Å². The lowest BCUT2D eigenvalue weighted by atomic mass is 10.0. The number of aromatic nitrogens is 1. The molecule has 0 spiro atoms. The molecule has 1 aromatic carbocycles. The molecule has 1 unspecified atom stereocenters. The molecule has 30 heavy (non-hydrogen) atoms. The third kappa shape index (κ3) is 4.84. The molecule has 1 atom stereocenters. The van der Waals surface area contributed by atoms with Crippen molar-refractivity contribution in [2.75, 3.05) is 30.3 Å². The largest absolute Gasteiger partial charge is 0.351 e. The zero-order chi connectivity index (χ0) is 20.9. The molecule has 6 nitrogen and oxygen atoms in total. The number of thioether (sulfide) groups is 1. The Bertz CT molecular complexity index is 902. The van der Waals surface area contributed by atoms with Crippen LogP contribution in [0.5, 0.6) is 0 Å². The van der Waals surface area contributed by atoms with Gasteiger partial charge in [-0.25, -0.2) is 4.98 Å². The van der Waals surface area contributed by atoms with Gasteiger partial charge in [-0.1, -0.05) is 30.3 Å². The Morgan fingerprint density at radius 2 is 2.07 bits per heavy atom. The van der Waals surface area contributed by atoms with Gasteiger partial charge in [0, 0.05) is 30.9 Å². The van der Waals surface area contributed by atoms with E-state index in [1.807, 2.05) is 36.4 Å². The number of fused-ring (bicyclic) bond motifs is 1. The third-order valence-electron chi connectivity index (χ3n) is 5.86. The maximum absolute atomic E-state index is 12.5. The highest BCUT2D eigenvalue weighted by molar-refractivity contribution is 8.00. The summed E-state index contributed by atoms with van der Waals surface area (Å²) in [4.78, 5) is 33.5. The molecule has 7 heteroatoms. The fourth-order valence-corrected chi connectivity index (χ4v) is 4.94. The van der Waals surface area contributed by atoms with Crippen molar-refractivity contribution in [3.05, 3.63) is 53.7 Å². The fourth-order valence-electron chi connectivity index (χ4n) is 4.06. The number of piperidine rings is 1. The molecule has 1 saturated heterocycles. The van der Waals surface area contributed by atoms with Crippen LogP contribution in [0, 0.1) is 0 Å². The highest BCUT2D eigenvalue weighted by Gasteiger charge is 2.25. The lowest BCUT2D eigenvalue weighted by Crippen LogP contribution is -2.42. The SMILES string of the molecule is CC1CCCCN1CCNC(=O)c1ccc(CN2C(=O)CSc3ncccc32)cc1. The number of nitrogens with zero attached hydrogens (tertiary/aromatic N) is 3. The van der Waals surface area contributed by atoms with Gasteiger partial charge in [0.15, 0.2) is 0 Å². The zero-order valence-electron chi connectivity index (χ0n) is 17.3. The van der Waals surface area contributed by atoms with E-state index < -0.39 is 0 Å². The standard InChI is InChI=1S/C23H28N4O2S/c1-17-5-2-3-13-26(17)14-12-24-22(29)19-9-7-18(8-10-19)15-27-20-6-4-11-25-23(20)30-16-21(27)28/h4,6-11,17H,2-3,5,12-16H2,1H3,(H,24,29). The lowest BCUT2D eigenvalue weighted by Gasteiger charge is -2.33. The van der Waals surface area contributed by atoms with Crippen LogP contribution in [0.3, 0.4) is 0 Å². The Labute approximate surface area is 182 Å². The summed E-state index contributed by atoms with van der Waals surface area (Å²) in [7, 11) is 0. The maximum atomic E-state index is 12.5. The van der Waals surface area contributed by atoms with E-state index in [0.29, 0.717) is 30.4 Å². The smallest absolute Gasteiger partial charge is 0.251 e. The molecule has 2 aromatic rings. The predicted molar refractivity (Wildman–Crippen MR) is 120 cm³/mol. The van der Waals surface area contributed by atoms with Gasteiger partial charge in [-0.3, -0.25) is 14.5 Å². The van der Waals surface area contributed by atoms with Gasteiger partial charge in [0.25, 0.3) is 5.91 Å². The molecule has 3 heterocycles. The van der Waals surface area contributed by atoms with Crippen LogP contribution < -0.4 is 10.2 Å². The van der Waals surface area contributed by atoms with E-state index in [1.54, 1.807) is 11.1 Å². The molecule has 0 bridgehead atoms. The van der Waals surface area contributed by atoms with Crippen LogP contribution in [0.25, 0.3) is 0 Å². The van der Waals surface area contributed by atoms with Gasteiger partial charge in [-0.2, -0.15) is 0 Å². The molecule has 0 saturated carbocycles. The molecule has 2 aliphatic rings. The summed E-state index contributed by atoms with van der Waals surface area (Å²) in [6.45, 7) is 5.42. The molecule has 2 amide bonds. The molecule has 2 aliphatic heterocycles. The van der Waals surface area contributed by atoms with Crippen molar-refractivity contribution in [1.29, 1.82) is 0 Å². The normalized spacial score (nSPS) is 19.4. The molecule has 0 aliphatic carbocycles. The minimum atomic E-state index is -0.0498. The van der Waals surface area contributed by atoms with Gasteiger partial charge >= 0.3 is 0 Å². The topological polar surface area (TPSA) is 65.5 Å². The second-order valence-electron chi connectivity index (χ2n) is 7.93. The minimum absolute atomic E-state index is 0.0498. The number of hydrogen-bond donors (Lipinski definition) is 1. The van der Waals surface area contributed by atoms with Crippen molar-refractivity contribution in [3.8, 4) is 0 Å². The van der Waals surface area contributed by atoms with E-state index >= 15 is 0 Å². The average molecular weight is 425 g/mol. The number of anilines is 1. The number of benzene rings is 1. The second kappa shape index (κ2) is 9.62. The molecule has 1 aromatic heterocycles. The summed E-state index contributed by atoms with van der Waals surface area (Å²) in [5, 5.41) is 3.92. The average Bonchev–Trinajstić information content (AvgIpc) is 2.77.